The van der Waals surface area contributed by atoms with E-state index in [0.29, 0.717) is 16.6 Å². The summed E-state index contributed by atoms with van der Waals surface area (Å²) in [7, 11) is 0. The maximum atomic E-state index is 12.7. The van der Waals surface area contributed by atoms with Gasteiger partial charge >= 0.3 is 0 Å². The van der Waals surface area contributed by atoms with Gasteiger partial charge in [0.15, 0.2) is 0 Å². The molecular weight excluding hydrogens is 384 g/mol. The van der Waals surface area contributed by atoms with Crippen molar-refractivity contribution >= 4 is 44.1 Å². The van der Waals surface area contributed by atoms with Gasteiger partial charge in [-0.2, -0.15) is 9.78 Å². The molecule has 25 heavy (non-hydrogen) atoms. The number of aromatic hydroxyl groups is 1. The number of hydrogen-bond acceptors (Lipinski definition) is 4. The number of H-pyrrole nitrogens is 1. The number of fused-ring (bicyclic) bond motifs is 3. The highest BCUT2D eigenvalue weighted by atomic mass is 79.9. The Morgan fingerprint density at radius 1 is 1.28 bits per heavy atom. The third kappa shape index (κ3) is 2.72. The number of aromatic amines is 1. The van der Waals surface area contributed by atoms with Gasteiger partial charge in [0.1, 0.15) is 23.1 Å². The Labute approximate surface area is 150 Å². The Morgan fingerprint density at radius 3 is 2.96 bits per heavy atom. The Morgan fingerprint density at radius 2 is 2.12 bits per heavy atom. The molecule has 0 bridgehead atoms. The summed E-state index contributed by atoms with van der Waals surface area (Å²) in [6.07, 6.45) is 2.80. The Hall–Kier alpha value is -2.93. The van der Waals surface area contributed by atoms with Crippen molar-refractivity contribution in [2.24, 2.45) is 5.10 Å². The number of aromatic nitrogens is 3. The molecule has 0 amide bonds. The first-order valence-corrected chi connectivity index (χ1v) is 8.35. The quantitative estimate of drug-likeness (QED) is 0.508. The van der Waals surface area contributed by atoms with Gasteiger partial charge in [-0.15, -0.1) is 0 Å². The molecule has 124 valence electrons. The van der Waals surface area contributed by atoms with E-state index in [9.17, 15) is 9.90 Å². The Balaban J connectivity index is 1.84. The molecule has 0 aliphatic rings. The molecule has 0 aliphatic carbocycles. The minimum atomic E-state index is -0.301. The fourth-order valence-corrected chi connectivity index (χ4v) is 3.08. The highest BCUT2D eigenvalue weighted by Gasteiger charge is 2.10. The van der Waals surface area contributed by atoms with E-state index in [1.807, 2.05) is 25.1 Å². The van der Waals surface area contributed by atoms with Crippen molar-refractivity contribution in [1.29, 1.82) is 0 Å². The molecule has 0 saturated carbocycles. The SMILES string of the molecule is Cc1ccc2c(c1)[nH]c1c(=O)n(/N=C\c3cc(Br)ccc3O)cnc12. The molecule has 2 N–H and O–H groups in total. The molecule has 7 heteroatoms. The number of nitrogens with one attached hydrogen (secondary N) is 1. The topological polar surface area (TPSA) is 83.3 Å². The van der Waals surface area contributed by atoms with Crippen LogP contribution in [-0.2, 0) is 0 Å². The zero-order valence-corrected chi connectivity index (χ0v) is 14.8. The van der Waals surface area contributed by atoms with E-state index >= 15 is 0 Å². The van der Waals surface area contributed by atoms with Gasteiger partial charge in [0, 0.05) is 20.9 Å². The Bertz CT molecular complexity index is 1210. The third-order valence-corrected chi connectivity index (χ3v) is 4.45. The van der Waals surface area contributed by atoms with E-state index in [0.717, 1.165) is 25.6 Å². The molecule has 0 aliphatic heterocycles. The van der Waals surface area contributed by atoms with E-state index in [2.05, 4.69) is 31.0 Å². The van der Waals surface area contributed by atoms with Crippen LogP contribution in [-0.4, -0.2) is 26.0 Å². The standard InChI is InChI=1S/C18H13BrN4O2/c1-10-2-4-13-14(6-10)22-17-16(13)20-9-23(18(17)25)21-8-11-7-12(19)3-5-15(11)24/h2-9,22,24H,1H3/b21-8-. The maximum absolute atomic E-state index is 12.7. The second-order valence-electron chi connectivity index (χ2n) is 5.74. The molecule has 4 aromatic rings. The fourth-order valence-electron chi connectivity index (χ4n) is 2.70. The third-order valence-electron chi connectivity index (χ3n) is 3.96. The smallest absolute Gasteiger partial charge is 0.298 e. The zero-order valence-electron chi connectivity index (χ0n) is 13.2. The second kappa shape index (κ2) is 5.86. The van der Waals surface area contributed by atoms with Gasteiger partial charge in [-0.05, 0) is 36.8 Å². The lowest BCUT2D eigenvalue weighted by Crippen LogP contribution is -2.17. The molecule has 2 heterocycles. The molecule has 4 rings (SSSR count). The van der Waals surface area contributed by atoms with E-state index in [-0.39, 0.29) is 11.3 Å². The van der Waals surface area contributed by atoms with E-state index < -0.39 is 0 Å². The average molecular weight is 397 g/mol. The molecule has 0 radical (unpaired) electrons. The average Bonchev–Trinajstić information content (AvgIpc) is 2.95. The van der Waals surface area contributed by atoms with Crippen molar-refractivity contribution in [2.45, 2.75) is 6.92 Å². The Kier molecular flexibility index (Phi) is 3.65. The lowest BCUT2D eigenvalue weighted by molar-refractivity contribution is 0.474. The number of nitrogens with zero attached hydrogens (tertiary/aromatic N) is 3. The second-order valence-corrected chi connectivity index (χ2v) is 6.66. The zero-order chi connectivity index (χ0) is 17.6. The highest BCUT2D eigenvalue weighted by molar-refractivity contribution is 9.10. The first-order chi connectivity index (χ1) is 12.0. The first-order valence-electron chi connectivity index (χ1n) is 7.55. The molecule has 0 saturated heterocycles. The summed E-state index contributed by atoms with van der Waals surface area (Å²) in [5, 5.41) is 14.9. The number of rotatable bonds is 2. The predicted octanol–water partition coefficient (Wildman–Crippen LogP) is 3.54. The minimum absolute atomic E-state index is 0.0788. The molecule has 0 spiro atoms. The lowest BCUT2D eigenvalue weighted by Gasteiger charge is -2.00. The number of phenols is 1. The number of hydrogen-bond donors (Lipinski definition) is 2. The molecule has 2 aromatic carbocycles. The fraction of sp³-hybridized carbons (Fsp3) is 0.0556. The predicted molar refractivity (Wildman–Crippen MR) is 101 cm³/mol. The van der Waals surface area contributed by atoms with Crippen LogP contribution >= 0.6 is 15.9 Å². The monoisotopic (exact) mass is 396 g/mol. The summed E-state index contributed by atoms with van der Waals surface area (Å²) in [6.45, 7) is 1.99. The van der Waals surface area contributed by atoms with Crippen LogP contribution in [0.2, 0.25) is 0 Å². The maximum Gasteiger partial charge on any atom is 0.298 e. The number of aryl methyl sites for hydroxylation is 1. The van der Waals surface area contributed by atoms with Crippen LogP contribution in [0.5, 0.6) is 5.75 Å². The van der Waals surface area contributed by atoms with Crippen molar-refractivity contribution in [3.8, 4) is 5.75 Å². The van der Waals surface area contributed by atoms with Gasteiger partial charge < -0.3 is 10.1 Å². The van der Waals surface area contributed by atoms with Gasteiger partial charge in [-0.1, -0.05) is 28.1 Å². The summed E-state index contributed by atoms with van der Waals surface area (Å²) in [4.78, 5) is 20.1. The van der Waals surface area contributed by atoms with Crippen LogP contribution in [0.25, 0.3) is 21.9 Å². The van der Waals surface area contributed by atoms with E-state index in [1.165, 1.54) is 12.5 Å². The van der Waals surface area contributed by atoms with Crippen LogP contribution < -0.4 is 5.56 Å². The minimum Gasteiger partial charge on any atom is -0.507 e. The molecule has 6 nitrogen and oxygen atoms in total. The number of halogens is 1. The van der Waals surface area contributed by atoms with Gasteiger partial charge in [-0.25, -0.2) is 4.98 Å². The summed E-state index contributed by atoms with van der Waals surface area (Å²) < 4.78 is 1.95. The summed E-state index contributed by atoms with van der Waals surface area (Å²) in [5.41, 5.74) is 3.18. The highest BCUT2D eigenvalue weighted by Crippen LogP contribution is 2.22. The van der Waals surface area contributed by atoms with E-state index in [1.54, 1.807) is 18.2 Å². The molecule has 0 fully saturated rings. The lowest BCUT2D eigenvalue weighted by atomic mass is 10.2. The van der Waals surface area contributed by atoms with Crippen LogP contribution in [0.3, 0.4) is 0 Å². The van der Waals surface area contributed by atoms with Crippen molar-refractivity contribution in [1.82, 2.24) is 14.6 Å². The van der Waals surface area contributed by atoms with Crippen molar-refractivity contribution < 1.29 is 5.11 Å². The molecular formula is C18H13BrN4O2. The first kappa shape index (κ1) is 15.6. The van der Waals surface area contributed by atoms with Gasteiger partial charge in [0.25, 0.3) is 5.56 Å². The molecule has 0 atom stereocenters. The van der Waals surface area contributed by atoms with Gasteiger partial charge in [0.2, 0.25) is 0 Å². The van der Waals surface area contributed by atoms with Crippen LogP contribution in [0.4, 0.5) is 0 Å². The van der Waals surface area contributed by atoms with Crippen molar-refractivity contribution in [3.05, 3.63) is 68.7 Å². The van der Waals surface area contributed by atoms with Crippen LogP contribution in [0, 0.1) is 6.92 Å². The summed E-state index contributed by atoms with van der Waals surface area (Å²) in [6, 6.07) is 10.9. The van der Waals surface area contributed by atoms with Gasteiger partial charge in [0.05, 0.1) is 6.21 Å². The van der Waals surface area contributed by atoms with Crippen LogP contribution in [0.1, 0.15) is 11.1 Å². The summed E-state index contributed by atoms with van der Waals surface area (Å²) in [5.74, 6) is 0.0788. The molecule has 0 unspecified atom stereocenters. The van der Waals surface area contributed by atoms with Crippen molar-refractivity contribution in [3.63, 3.8) is 0 Å². The number of phenolic OH excluding ortho intramolecular Hbond substituents is 1. The number of benzene rings is 2. The van der Waals surface area contributed by atoms with Crippen LogP contribution in [0.15, 0.2) is 57.1 Å². The largest absolute Gasteiger partial charge is 0.507 e. The van der Waals surface area contributed by atoms with Crippen molar-refractivity contribution in [2.75, 3.05) is 0 Å². The normalized spacial score (nSPS) is 11.8. The van der Waals surface area contributed by atoms with Gasteiger partial charge in [-0.3, -0.25) is 4.79 Å². The van der Waals surface area contributed by atoms with E-state index in [4.69, 9.17) is 0 Å². The molecule has 2 aromatic heterocycles. The summed E-state index contributed by atoms with van der Waals surface area (Å²) >= 11 is 3.34.